The minimum absolute atomic E-state index is 0.342. The average molecular weight is 908 g/mol. The second-order valence-corrected chi connectivity index (χ2v) is 22.7. The van der Waals surface area contributed by atoms with Crippen molar-refractivity contribution in [3.05, 3.63) is 296 Å². The molecule has 0 spiro atoms. The van der Waals surface area contributed by atoms with Crippen molar-refractivity contribution < 1.29 is 0 Å². The Hall–Kier alpha value is -8.56. The van der Waals surface area contributed by atoms with Gasteiger partial charge in [-0.25, -0.2) is 0 Å². The summed E-state index contributed by atoms with van der Waals surface area (Å²) in [6.45, 7) is 2.40. The number of rotatable bonds is 9. The van der Waals surface area contributed by atoms with Gasteiger partial charge in [0.25, 0.3) is 0 Å². The van der Waals surface area contributed by atoms with Gasteiger partial charge >= 0.3 is 0 Å². The van der Waals surface area contributed by atoms with Crippen LogP contribution in [-0.4, -0.2) is 8.07 Å². The highest BCUT2D eigenvalue weighted by atomic mass is 28.3. The molecule has 0 saturated carbocycles. The second-order valence-electron chi connectivity index (χ2n) is 18.9. The molecule has 0 amide bonds. The molecule has 11 aromatic rings. The van der Waals surface area contributed by atoms with E-state index in [1.807, 2.05) is 0 Å². The molecule has 13 rings (SSSR count). The van der Waals surface area contributed by atoms with Gasteiger partial charge in [0.15, 0.2) is 8.07 Å². The van der Waals surface area contributed by atoms with E-state index in [2.05, 4.69) is 291 Å². The summed E-state index contributed by atoms with van der Waals surface area (Å²) in [4.78, 5) is 2.47. The summed E-state index contributed by atoms with van der Waals surface area (Å²) in [5.74, 6) is 0. The molecule has 1 aliphatic carbocycles. The molecule has 2 aliphatic rings. The lowest BCUT2D eigenvalue weighted by molar-refractivity contribution is 0.714. The van der Waals surface area contributed by atoms with Crippen LogP contribution in [0.25, 0.3) is 55.6 Å². The van der Waals surface area contributed by atoms with Gasteiger partial charge in [-0.1, -0.05) is 237 Å². The quantitative estimate of drug-likeness (QED) is 0.130. The number of fused-ring (bicyclic) bond motifs is 6. The van der Waals surface area contributed by atoms with Crippen LogP contribution in [0.5, 0.6) is 0 Å². The van der Waals surface area contributed by atoms with Gasteiger partial charge in [0.1, 0.15) is 0 Å². The normalized spacial score (nSPS) is 14.8. The smallest absolute Gasteiger partial charge is 0.180 e. The first-order chi connectivity index (χ1) is 34.6. The molecule has 330 valence electrons. The fourth-order valence-electron chi connectivity index (χ4n) is 11.9. The Bertz CT molecular complexity index is 3610. The summed E-state index contributed by atoms with van der Waals surface area (Å²) in [6.07, 6.45) is 0. The number of nitrogens with zero attached hydrogens (tertiary/aromatic N) is 1. The lowest BCUT2D eigenvalue weighted by atomic mass is 9.74. The van der Waals surface area contributed by atoms with Crippen LogP contribution >= 0.6 is 0 Å². The van der Waals surface area contributed by atoms with Gasteiger partial charge in [0.05, 0.1) is 0 Å². The third kappa shape index (κ3) is 6.59. The van der Waals surface area contributed by atoms with Gasteiger partial charge in [-0.15, -0.1) is 0 Å². The van der Waals surface area contributed by atoms with Crippen molar-refractivity contribution in [1.29, 1.82) is 0 Å². The first kappa shape index (κ1) is 41.6. The Morgan fingerprint density at radius 2 is 0.757 bits per heavy atom. The van der Waals surface area contributed by atoms with Gasteiger partial charge in [-0.2, -0.15) is 0 Å². The SMILES string of the molecule is CC1(c2ccccc2)c2ccccc2-c2ccc(N(c3ccc(-c4cccc([Si]5(c6ccccc6)c6ccccc6-c6ccccc65)c4)cc3)c3cc(-c4ccccc4)cc(-c4ccccc4)c3)cc21. The molecular formula is C68H49NSi. The van der Waals surface area contributed by atoms with Crippen molar-refractivity contribution >= 4 is 45.9 Å². The third-order valence-corrected chi connectivity index (χ3v) is 20.1. The Morgan fingerprint density at radius 3 is 1.39 bits per heavy atom. The second kappa shape index (κ2) is 16.9. The van der Waals surface area contributed by atoms with Gasteiger partial charge in [0.2, 0.25) is 0 Å². The van der Waals surface area contributed by atoms with Crippen molar-refractivity contribution in [2.24, 2.45) is 0 Å². The Labute approximate surface area is 412 Å². The predicted octanol–water partition coefficient (Wildman–Crippen LogP) is 14.8. The van der Waals surface area contributed by atoms with E-state index in [4.69, 9.17) is 0 Å². The summed E-state index contributed by atoms with van der Waals surface area (Å²) in [5, 5.41) is 5.72. The molecule has 1 heterocycles. The largest absolute Gasteiger partial charge is 0.310 e. The Balaban J connectivity index is 0.986. The number of hydrogen-bond acceptors (Lipinski definition) is 1. The van der Waals surface area contributed by atoms with Crippen LogP contribution in [0, 0.1) is 0 Å². The van der Waals surface area contributed by atoms with Crippen molar-refractivity contribution in [3.63, 3.8) is 0 Å². The predicted molar refractivity (Wildman–Crippen MR) is 297 cm³/mol. The van der Waals surface area contributed by atoms with Crippen LogP contribution < -0.4 is 25.6 Å². The highest BCUT2D eigenvalue weighted by molar-refractivity contribution is 7.22. The van der Waals surface area contributed by atoms with Crippen LogP contribution in [0.15, 0.2) is 279 Å². The summed E-state index contributed by atoms with van der Waals surface area (Å²) >= 11 is 0. The molecule has 70 heavy (non-hydrogen) atoms. The van der Waals surface area contributed by atoms with Crippen LogP contribution in [0.1, 0.15) is 23.6 Å². The topological polar surface area (TPSA) is 3.24 Å². The van der Waals surface area contributed by atoms with Gasteiger partial charge in [-0.3, -0.25) is 0 Å². The van der Waals surface area contributed by atoms with Crippen LogP contribution in [0.2, 0.25) is 0 Å². The summed E-state index contributed by atoms with van der Waals surface area (Å²) in [7, 11) is -2.65. The van der Waals surface area contributed by atoms with E-state index in [1.54, 1.807) is 0 Å². The maximum Gasteiger partial charge on any atom is 0.180 e. The Morgan fingerprint density at radius 1 is 0.286 bits per heavy atom. The minimum Gasteiger partial charge on any atom is -0.310 e. The molecule has 0 radical (unpaired) electrons. The highest BCUT2D eigenvalue weighted by Crippen LogP contribution is 2.54. The minimum atomic E-state index is -2.65. The Kier molecular flexibility index (Phi) is 10.0. The molecule has 1 atom stereocenters. The first-order valence-electron chi connectivity index (χ1n) is 24.4. The molecule has 2 heteroatoms. The van der Waals surface area contributed by atoms with Crippen LogP contribution in [-0.2, 0) is 5.41 Å². The van der Waals surface area contributed by atoms with Gasteiger partial charge in [-0.05, 0) is 142 Å². The molecule has 0 aromatic heterocycles. The molecule has 1 nitrogen and oxygen atoms in total. The van der Waals surface area contributed by atoms with E-state index in [1.165, 1.54) is 93.1 Å². The van der Waals surface area contributed by atoms with Gasteiger partial charge in [0, 0.05) is 22.5 Å². The molecule has 11 aromatic carbocycles. The van der Waals surface area contributed by atoms with E-state index < -0.39 is 8.07 Å². The van der Waals surface area contributed by atoms with Crippen molar-refractivity contribution in [3.8, 4) is 55.6 Å². The lowest BCUT2D eigenvalue weighted by Crippen LogP contribution is -2.72. The van der Waals surface area contributed by atoms with Crippen molar-refractivity contribution in [2.75, 3.05) is 4.90 Å². The zero-order valence-electron chi connectivity index (χ0n) is 39.0. The number of hydrogen-bond donors (Lipinski definition) is 0. The number of benzene rings is 11. The van der Waals surface area contributed by atoms with E-state index >= 15 is 0 Å². The standard InChI is InChI=1S/C68H49NSi/c1-68(54-26-10-4-11-27-54)64-34-17-14-31-60(64)61-42-41-56(47-65(61)68)69(57-44-52(48-21-6-2-7-22-48)43-53(45-57)49-23-8-3-9-24-49)55-39-37-50(38-40-55)51-25-20-30-59(46-51)70(58-28-12-5-13-29-58)66-35-18-15-32-62(66)63-33-16-19-36-67(63)70/h2-47H,1H3. The average Bonchev–Trinajstić information content (AvgIpc) is 3.89. The lowest BCUT2D eigenvalue weighted by Gasteiger charge is -2.32. The molecule has 1 aliphatic heterocycles. The van der Waals surface area contributed by atoms with Crippen molar-refractivity contribution in [2.45, 2.75) is 12.3 Å². The summed E-state index contributed by atoms with van der Waals surface area (Å²) in [5.41, 5.74) is 19.3. The molecule has 0 fully saturated rings. The molecule has 1 unspecified atom stereocenters. The molecule has 0 saturated heterocycles. The zero-order chi connectivity index (χ0) is 46.7. The monoisotopic (exact) mass is 907 g/mol. The van der Waals surface area contributed by atoms with Gasteiger partial charge < -0.3 is 4.90 Å². The maximum atomic E-state index is 2.49. The number of anilines is 3. The van der Waals surface area contributed by atoms with E-state index in [9.17, 15) is 0 Å². The molecular weight excluding hydrogens is 859 g/mol. The highest BCUT2D eigenvalue weighted by Gasteiger charge is 2.48. The van der Waals surface area contributed by atoms with Crippen LogP contribution in [0.4, 0.5) is 17.1 Å². The van der Waals surface area contributed by atoms with E-state index in [0.717, 1.165) is 17.1 Å². The van der Waals surface area contributed by atoms with E-state index in [-0.39, 0.29) is 5.41 Å². The third-order valence-electron chi connectivity index (χ3n) is 15.2. The fourth-order valence-corrected chi connectivity index (χ4v) is 17.1. The first-order valence-corrected chi connectivity index (χ1v) is 26.4. The maximum absolute atomic E-state index is 2.65. The molecule has 0 N–H and O–H groups in total. The zero-order valence-corrected chi connectivity index (χ0v) is 40.0. The summed E-state index contributed by atoms with van der Waals surface area (Å²) < 4.78 is 0. The molecule has 0 bridgehead atoms. The fraction of sp³-hybridized carbons (Fsp3) is 0.0294. The van der Waals surface area contributed by atoms with Crippen molar-refractivity contribution in [1.82, 2.24) is 0 Å². The van der Waals surface area contributed by atoms with E-state index in [0.29, 0.717) is 0 Å². The van der Waals surface area contributed by atoms with Crippen LogP contribution in [0.3, 0.4) is 0 Å². The summed E-state index contributed by atoms with van der Waals surface area (Å²) in [6, 6.07) is 104.